The lowest BCUT2D eigenvalue weighted by Gasteiger charge is -2.11. The van der Waals surface area contributed by atoms with Gasteiger partial charge in [-0.05, 0) is 18.2 Å². The molecule has 0 fully saturated rings. The van der Waals surface area contributed by atoms with E-state index in [0.29, 0.717) is 5.69 Å². The number of pyridine rings is 1. The smallest absolute Gasteiger partial charge is 0.0743 e. The monoisotopic (exact) mass is 277 g/mol. The molecule has 0 amide bonds. The molecule has 2 rings (SSSR count). The predicted octanol–water partition coefficient (Wildman–Crippen LogP) is 2.34. The van der Waals surface area contributed by atoms with Crippen molar-refractivity contribution in [2.45, 2.75) is 6.42 Å². The van der Waals surface area contributed by atoms with Crippen LogP contribution >= 0.6 is 11.8 Å². The minimum Gasteiger partial charge on any atom is -0.396 e. The van der Waals surface area contributed by atoms with Gasteiger partial charge < -0.3 is 16.2 Å². The number of benzene rings is 1. The lowest BCUT2D eigenvalue weighted by atomic mass is 10.1. The van der Waals surface area contributed by atoms with Gasteiger partial charge in [-0.1, -0.05) is 18.2 Å². The van der Waals surface area contributed by atoms with Gasteiger partial charge in [-0.2, -0.15) is 11.8 Å². The van der Waals surface area contributed by atoms with Crippen LogP contribution in [-0.2, 0) is 0 Å². The zero-order chi connectivity index (χ0) is 13.5. The molecule has 1 aromatic heterocycles. The highest BCUT2D eigenvalue weighted by Gasteiger charge is 2.05. The molecule has 19 heavy (non-hydrogen) atoms. The van der Waals surface area contributed by atoms with Crippen molar-refractivity contribution in [3.63, 3.8) is 0 Å². The molecule has 1 heterocycles. The molecule has 5 heteroatoms. The quantitative estimate of drug-likeness (QED) is 0.678. The molecule has 0 saturated carbocycles. The number of aliphatic hydroxyl groups excluding tert-OH is 1. The van der Waals surface area contributed by atoms with E-state index in [1.165, 1.54) is 0 Å². The van der Waals surface area contributed by atoms with Gasteiger partial charge in [0.2, 0.25) is 0 Å². The summed E-state index contributed by atoms with van der Waals surface area (Å²) in [6, 6.07) is 7.97. The molecule has 102 valence electrons. The van der Waals surface area contributed by atoms with Crippen LogP contribution in [0, 0.1) is 0 Å². The molecule has 1 aromatic carbocycles. The number of thioether (sulfide) groups is 1. The molecule has 2 aromatic rings. The highest BCUT2D eigenvalue weighted by molar-refractivity contribution is 7.99. The van der Waals surface area contributed by atoms with E-state index in [-0.39, 0.29) is 6.61 Å². The molecular formula is C14H19N3OS. The first kappa shape index (κ1) is 14.0. The number of rotatable bonds is 7. The van der Waals surface area contributed by atoms with Crippen LogP contribution in [0.1, 0.15) is 6.42 Å². The molecular weight excluding hydrogens is 258 g/mol. The van der Waals surface area contributed by atoms with Crippen LogP contribution < -0.4 is 11.1 Å². The van der Waals surface area contributed by atoms with Crippen LogP contribution in [0.4, 0.5) is 11.4 Å². The lowest BCUT2D eigenvalue weighted by molar-refractivity contribution is 0.296. The Balaban J connectivity index is 1.98. The number of nitrogens with two attached hydrogens (primary N) is 1. The number of nitrogens with zero attached hydrogens (tertiary/aromatic N) is 1. The number of aliphatic hydroxyl groups is 1. The second kappa shape index (κ2) is 7.21. The van der Waals surface area contributed by atoms with Gasteiger partial charge in [0.15, 0.2) is 0 Å². The van der Waals surface area contributed by atoms with Gasteiger partial charge in [-0.3, -0.25) is 4.98 Å². The summed E-state index contributed by atoms with van der Waals surface area (Å²) in [4.78, 5) is 4.31. The molecule has 0 aliphatic rings. The second-order valence-electron chi connectivity index (χ2n) is 4.22. The maximum atomic E-state index is 8.70. The molecule has 0 saturated heterocycles. The highest BCUT2D eigenvalue weighted by Crippen LogP contribution is 2.27. The Bertz CT molecular complexity index is 533. The van der Waals surface area contributed by atoms with E-state index in [2.05, 4.69) is 10.3 Å². The first-order valence-corrected chi connectivity index (χ1v) is 7.54. The Morgan fingerprint density at radius 3 is 2.95 bits per heavy atom. The molecule has 0 aliphatic heterocycles. The van der Waals surface area contributed by atoms with Crippen LogP contribution in [0.3, 0.4) is 0 Å². The van der Waals surface area contributed by atoms with Crippen LogP contribution in [0.15, 0.2) is 30.5 Å². The van der Waals surface area contributed by atoms with Crippen molar-refractivity contribution in [1.82, 2.24) is 4.98 Å². The maximum absolute atomic E-state index is 8.70. The standard InChI is InChI=1S/C14H19N3OS/c15-12-10-17-13-5-2-1-4-11(13)14(12)16-6-9-19-8-3-7-18/h1-2,4-5,10,18H,3,6-9,15H2,(H,16,17). The van der Waals surface area contributed by atoms with E-state index in [4.69, 9.17) is 10.8 Å². The van der Waals surface area contributed by atoms with Crippen molar-refractivity contribution in [1.29, 1.82) is 0 Å². The Morgan fingerprint density at radius 2 is 2.11 bits per heavy atom. The third kappa shape index (κ3) is 3.75. The Labute approximate surface area is 117 Å². The minimum atomic E-state index is 0.266. The highest BCUT2D eigenvalue weighted by atomic mass is 32.2. The van der Waals surface area contributed by atoms with Crippen molar-refractivity contribution in [2.24, 2.45) is 0 Å². The summed E-state index contributed by atoms with van der Waals surface area (Å²) < 4.78 is 0. The fraction of sp³-hybridized carbons (Fsp3) is 0.357. The van der Waals surface area contributed by atoms with Crippen molar-refractivity contribution in [2.75, 3.05) is 35.7 Å². The molecule has 0 atom stereocenters. The summed E-state index contributed by atoms with van der Waals surface area (Å²) in [6.07, 6.45) is 2.55. The number of anilines is 2. The molecule has 4 N–H and O–H groups in total. The zero-order valence-electron chi connectivity index (χ0n) is 10.8. The van der Waals surface area contributed by atoms with E-state index >= 15 is 0 Å². The third-order valence-corrected chi connectivity index (χ3v) is 3.87. The molecule has 0 unspecified atom stereocenters. The van der Waals surface area contributed by atoms with Gasteiger partial charge in [0, 0.05) is 24.3 Å². The van der Waals surface area contributed by atoms with Crippen molar-refractivity contribution in [3.05, 3.63) is 30.5 Å². The second-order valence-corrected chi connectivity index (χ2v) is 5.45. The van der Waals surface area contributed by atoms with E-state index in [1.807, 2.05) is 36.0 Å². The average Bonchev–Trinajstić information content (AvgIpc) is 2.44. The predicted molar refractivity (Wildman–Crippen MR) is 83.7 cm³/mol. The normalized spacial score (nSPS) is 10.8. The summed E-state index contributed by atoms with van der Waals surface area (Å²) in [5.41, 5.74) is 8.58. The molecule has 0 spiro atoms. The van der Waals surface area contributed by atoms with Crippen molar-refractivity contribution >= 4 is 34.0 Å². The van der Waals surface area contributed by atoms with Gasteiger partial charge in [-0.15, -0.1) is 0 Å². The number of nitrogens with one attached hydrogen (secondary N) is 1. The van der Waals surface area contributed by atoms with E-state index in [0.717, 1.165) is 41.1 Å². The van der Waals surface area contributed by atoms with Crippen LogP contribution in [-0.4, -0.2) is 34.7 Å². The number of para-hydroxylation sites is 1. The summed E-state index contributed by atoms with van der Waals surface area (Å²) in [7, 11) is 0. The third-order valence-electron chi connectivity index (χ3n) is 2.80. The Kier molecular flexibility index (Phi) is 5.30. The summed E-state index contributed by atoms with van der Waals surface area (Å²) in [5, 5.41) is 13.1. The number of aromatic nitrogens is 1. The van der Waals surface area contributed by atoms with Crippen LogP contribution in [0.2, 0.25) is 0 Å². The van der Waals surface area contributed by atoms with Gasteiger partial charge in [0.25, 0.3) is 0 Å². The molecule has 0 bridgehead atoms. The first-order valence-electron chi connectivity index (χ1n) is 6.38. The van der Waals surface area contributed by atoms with Gasteiger partial charge in [-0.25, -0.2) is 0 Å². The summed E-state index contributed by atoms with van der Waals surface area (Å²) in [5.74, 6) is 1.99. The first-order chi connectivity index (χ1) is 9.33. The maximum Gasteiger partial charge on any atom is 0.0743 e. The zero-order valence-corrected chi connectivity index (χ0v) is 11.6. The topological polar surface area (TPSA) is 71.2 Å². The Hall–Kier alpha value is -1.46. The number of fused-ring (bicyclic) bond motifs is 1. The Morgan fingerprint density at radius 1 is 1.26 bits per heavy atom. The minimum absolute atomic E-state index is 0.266. The SMILES string of the molecule is Nc1cnc2ccccc2c1NCCSCCCO. The van der Waals surface area contributed by atoms with Gasteiger partial charge >= 0.3 is 0 Å². The van der Waals surface area contributed by atoms with E-state index in [9.17, 15) is 0 Å². The van der Waals surface area contributed by atoms with Crippen LogP contribution in [0.5, 0.6) is 0 Å². The molecule has 0 radical (unpaired) electrons. The number of nitrogen functional groups attached to an aromatic ring is 1. The lowest BCUT2D eigenvalue weighted by Crippen LogP contribution is -2.08. The number of hydrogen-bond donors (Lipinski definition) is 3. The van der Waals surface area contributed by atoms with E-state index in [1.54, 1.807) is 6.20 Å². The largest absolute Gasteiger partial charge is 0.396 e. The van der Waals surface area contributed by atoms with Gasteiger partial charge in [0.05, 0.1) is 23.1 Å². The fourth-order valence-corrected chi connectivity index (χ4v) is 2.65. The van der Waals surface area contributed by atoms with Crippen LogP contribution in [0.25, 0.3) is 10.9 Å². The average molecular weight is 277 g/mol. The van der Waals surface area contributed by atoms with Crippen molar-refractivity contribution in [3.8, 4) is 0 Å². The fourth-order valence-electron chi connectivity index (χ4n) is 1.87. The van der Waals surface area contributed by atoms with Gasteiger partial charge in [0.1, 0.15) is 0 Å². The summed E-state index contributed by atoms with van der Waals surface area (Å²) >= 11 is 1.83. The molecule has 0 aliphatic carbocycles. The molecule has 4 nitrogen and oxygen atoms in total. The number of hydrogen-bond acceptors (Lipinski definition) is 5. The van der Waals surface area contributed by atoms with E-state index < -0.39 is 0 Å². The van der Waals surface area contributed by atoms with Crippen molar-refractivity contribution < 1.29 is 5.11 Å². The summed E-state index contributed by atoms with van der Waals surface area (Å²) in [6.45, 7) is 1.12.